The van der Waals surface area contributed by atoms with Crippen LogP contribution in [0.1, 0.15) is 33.7 Å². The summed E-state index contributed by atoms with van der Waals surface area (Å²) in [4.78, 5) is 2.30. The molecule has 0 radical (unpaired) electrons. The fourth-order valence-electron chi connectivity index (χ4n) is 4.90. The van der Waals surface area contributed by atoms with Gasteiger partial charge in [0.05, 0.1) is 5.92 Å². The lowest BCUT2D eigenvalue weighted by atomic mass is 9.80. The number of hydrogen-bond acceptors (Lipinski definition) is 4. The molecule has 5 heteroatoms. The van der Waals surface area contributed by atoms with Gasteiger partial charge in [-0.1, -0.05) is 71.8 Å². The van der Waals surface area contributed by atoms with Crippen molar-refractivity contribution in [2.45, 2.75) is 26.3 Å². The Morgan fingerprint density at radius 2 is 1.61 bits per heavy atom. The van der Waals surface area contributed by atoms with E-state index in [2.05, 4.69) is 72.5 Å². The molecule has 0 aliphatic carbocycles. The molecule has 5 rings (SSSR count). The molecule has 3 aromatic carbocycles. The van der Waals surface area contributed by atoms with E-state index in [1.807, 2.05) is 19.1 Å². The molecule has 0 bridgehead atoms. The van der Waals surface area contributed by atoms with E-state index in [-0.39, 0.29) is 17.6 Å². The van der Waals surface area contributed by atoms with E-state index in [9.17, 15) is 9.65 Å². The molecule has 0 aromatic heterocycles. The topological polar surface area (TPSA) is 62.3 Å². The second-order valence-corrected chi connectivity index (χ2v) is 9.54. The molecule has 4 nitrogen and oxygen atoms in total. The van der Waals surface area contributed by atoms with Crippen LogP contribution in [0.15, 0.2) is 101 Å². The molecule has 36 heavy (non-hydrogen) atoms. The lowest BCUT2D eigenvalue weighted by molar-refractivity contribution is 0.230. The van der Waals surface area contributed by atoms with Crippen molar-refractivity contribution in [3.8, 4) is 6.07 Å². The number of rotatable bonds is 4. The third-order valence-corrected chi connectivity index (χ3v) is 6.75. The first-order valence-corrected chi connectivity index (χ1v) is 12.0. The minimum atomic E-state index is -0.295. The Morgan fingerprint density at radius 1 is 0.972 bits per heavy atom. The number of nitriles is 1. The second-order valence-electron chi connectivity index (χ2n) is 9.54. The Labute approximate surface area is 211 Å². The summed E-state index contributed by atoms with van der Waals surface area (Å²) in [7, 11) is 0. The summed E-state index contributed by atoms with van der Waals surface area (Å²) in [5, 5.41) is 10.0. The molecule has 1 atom stereocenters. The zero-order valence-electron chi connectivity index (χ0n) is 20.5. The van der Waals surface area contributed by atoms with Gasteiger partial charge in [0.2, 0.25) is 5.88 Å². The Hall–Kier alpha value is -4.14. The molecule has 2 aliphatic heterocycles. The van der Waals surface area contributed by atoms with Crippen molar-refractivity contribution in [2.24, 2.45) is 5.73 Å². The quantitative estimate of drug-likeness (QED) is 0.493. The van der Waals surface area contributed by atoms with Crippen LogP contribution in [0.2, 0.25) is 0 Å². The van der Waals surface area contributed by atoms with E-state index in [1.165, 1.54) is 17.7 Å². The molecule has 2 heterocycles. The molecular formula is C31H28FN3O. The van der Waals surface area contributed by atoms with Crippen LogP contribution in [0, 0.1) is 31.0 Å². The number of nitrogens with two attached hydrogens (primary N) is 1. The highest BCUT2D eigenvalue weighted by Gasteiger charge is 2.37. The van der Waals surface area contributed by atoms with Crippen LogP contribution in [0.3, 0.4) is 0 Å². The van der Waals surface area contributed by atoms with Gasteiger partial charge in [-0.2, -0.15) is 5.26 Å². The van der Waals surface area contributed by atoms with Crippen molar-refractivity contribution in [1.82, 2.24) is 4.90 Å². The number of allylic oxidation sites excluding steroid dienone is 1. The molecule has 180 valence electrons. The SMILES string of the molecule is Cc1ccc(/C=C2/CN(Cc3ccc(F)cc3)CC3=C2OC(N)=C(C#N)C3c2ccc(C)cc2)cc1. The van der Waals surface area contributed by atoms with E-state index in [0.717, 1.165) is 39.2 Å². The Bertz CT molecular complexity index is 1410. The van der Waals surface area contributed by atoms with Gasteiger partial charge < -0.3 is 10.5 Å². The molecule has 0 saturated carbocycles. The first-order chi connectivity index (χ1) is 17.4. The third kappa shape index (κ3) is 4.82. The predicted molar refractivity (Wildman–Crippen MR) is 140 cm³/mol. The highest BCUT2D eigenvalue weighted by molar-refractivity contribution is 5.63. The van der Waals surface area contributed by atoms with Crippen molar-refractivity contribution < 1.29 is 9.13 Å². The molecule has 3 aromatic rings. The molecule has 0 spiro atoms. The number of nitrogens with zero attached hydrogens (tertiary/aromatic N) is 2. The van der Waals surface area contributed by atoms with Crippen molar-refractivity contribution >= 4 is 6.08 Å². The number of aryl methyl sites for hydroxylation is 2. The van der Waals surface area contributed by atoms with Crippen LogP contribution in [0.4, 0.5) is 4.39 Å². The summed E-state index contributed by atoms with van der Waals surface area (Å²) >= 11 is 0. The summed E-state index contributed by atoms with van der Waals surface area (Å²) in [5.41, 5.74) is 14.2. The van der Waals surface area contributed by atoms with Gasteiger partial charge in [-0.25, -0.2) is 4.39 Å². The van der Waals surface area contributed by atoms with Crippen LogP contribution < -0.4 is 5.73 Å². The Kier molecular flexibility index (Phi) is 6.45. The lowest BCUT2D eigenvalue weighted by Gasteiger charge is -2.38. The van der Waals surface area contributed by atoms with Gasteiger partial charge in [0.15, 0.2) is 0 Å². The summed E-state index contributed by atoms with van der Waals surface area (Å²) in [5.74, 6) is 0.357. The maximum absolute atomic E-state index is 13.5. The molecule has 0 saturated heterocycles. The Morgan fingerprint density at radius 3 is 2.25 bits per heavy atom. The number of benzene rings is 3. The van der Waals surface area contributed by atoms with Gasteiger partial charge in [-0.05, 0) is 54.3 Å². The molecule has 0 amide bonds. The molecule has 1 unspecified atom stereocenters. The van der Waals surface area contributed by atoms with E-state index in [1.54, 1.807) is 0 Å². The van der Waals surface area contributed by atoms with Gasteiger partial charge >= 0.3 is 0 Å². The van der Waals surface area contributed by atoms with E-state index < -0.39 is 0 Å². The van der Waals surface area contributed by atoms with E-state index in [0.29, 0.717) is 25.2 Å². The third-order valence-electron chi connectivity index (χ3n) is 6.75. The highest BCUT2D eigenvalue weighted by Crippen LogP contribution is 2.44. The normalized spacial score (nSPS) is 19.2. The van der Waals surface area contributed by atoms with Crippen LogP contribution in [-0.4, -0.2) is 18.0 Å². The van der Waals surface area contributed by atoms with Crippen LogP contribution in [0.25, 0.3) is 6.08 Å². The van der Waals surface area contributed by atoms with E-state index >= 15 is 0 Å². The summed E-state index contributed by atoms with van der Waals surface area (Å²) in [6, 6.07) is 25.5. The van der Waals surface area contributed by atoms with Gasteiger partial charge in [0.1, 0.15) is 23.2 Å². The average molecular weight is 478 g/mol. The first-order valence-electron chi connectivity index (χ1n) is 12.0. The van der Waals surface area contributed by atoms with Crippen LogP contribution >= 0.6 is 0 Å². The molecule has 0 fully saturated rings. The summed E-state index contributed by atoms with van der Waals surface area (Å²) < 4.78 is 19.7. The smallest absolute Gasteiger partial charge is 0.205 e. The van der Waals surface area contributed by atoms with Crippen LogP contribution in [0.5, 0.6) is 0 Å². The predicted octanol–water partition coefficient (Wildman–Crippen LogP) is 6.10. The van der Waals surface area contributed by atoms with Crippen LogP contribution in [-0.2, 0) is 11.3 Å². The highest BCUT2D eigenvalue weighted by atomic mass is 19.1. The summed E-state index contributed by atoms with van der Waals surface area (Å²) in [6.07, 6.45) is 2.13. The fraction of sp³-hybridized carbons (Fsp3) is 0.194. The number of ether oxygens (including phenoxy) is 1. The lowest BCUT2D eigenvalue weighted by Crippen LogP contribution is -2.37. The molecule has 2 N–H and O–H groups in total. The van der Waals surface area contributed by atoms with Crippen molar-refractivity contribution in [1.29, 1.82) is 5.26 Å². The zero-order valence-corrected chi connectivity index (χ0v) is 20.5. The van der Waals surface area contributed by atoms with Gasteiger partial charge in [-0.3, -0.25) is 4.90 Å². The first kappa shape index (κ1) is 23.6. The van der Waals surface area contributed by atoms with Gasteiger partial charge in [-0.15, -0.1) is 0 Å². The van der Waals surface area contributed by atoms with Gasteiger partial charge in [0, 0.05) is 25.2 Å². The van der Waals surface area contributed by atoms with Gasteiger partial charge in [0.25, 0.3) is 0 Å². The molecule has 2 aliphatic rings. The Balaban J connectivity index is 1.61. The summed E-state index contributed by atoms with van der Waals surface area (Å²) in [6.45, 7) is 5.99. The monoisotopic (exact) mass is 477 g/mol. The van der Waals surface area contributed by atoms with Crippen molar-refractivity contribution in [3.63, 3.8) is 0 Å². The maximum atomic E-state index is 13.5. The maximum Gasteiger partial charge on any atom is 0.205 e. The second kappa shape index (κ2) is 9.85. The fourth-order valence-corrected chi connectivity index (χ4v) is 4.90. The minimum Gasteiger partial charge on any atom is -0.440 e. The van der Waals surface area contributed by atoms with Crippen molar-refractivity contribution in [3.05, 3.63) is 135 Å². The average Bonchev–Trinajstić information content (AvgIpc) is 2.87. The number of halogens is 1. The standard InChI is InChI=1S/C31H28FN3O/c1-20-3-7-22(8-4-20)15-25-18-35(17-23-9-13-26(32)14-10-23)19-28-29(24-11-5-21(2)6-12-24)27(16-33)31(34)36-30(25)28/h3-15,29H,17-19,34H2,1-2H3/b25-15-. The zero-order chi connectivity index (χ0) is 25.2. The van der Waals surface area contributed by atoms with Crippen molar-refractivity contribution in [2.75, 3.05) is 13.1 Å². The number of hydrogen-bond donors (Lipinski definition) is 1. The minimum absolute atomic E-state index is 0.156. The largest absolute Gasteiger partial charge is 0.440 e. The van der Waals surface area contributed by atoms with E-state index in [4.69, 9.17) is 10.5 Å². The molecular weight excluding hydrogens is 449 g/mol.